The fourth-order valence-corrected chi connectivity index (χ4v) is 2.43. The summed E-state index contributed by atoms with van der Waals surface area (Å²) in [6.07, 6.45) is 0. The summed E-state index contributed by atoms with van der Waals surface area (Å²) in [5.74, 6) is 5.58. The summed E-state index contributed by atoms with van der Waals surface area (Å²) in [5.41, 5.74) is 5.20. The monoisotopic (exact) mass is 282 g/mol. The Bertz CT molecular complexity index is 411. The molecular weight excluding hydrogens is 272 g/mol. The van der Waals surface area contributed by atoms with Crippen LogP contribution >= 0.6 is 27.3 Å². The zero-order chi connectivity index (χ0) is 10.7. The van der Waals surface area contributed by atoms with Crippen molar-refractivity contribution >= 4 is 27.3 Å². The van der Waals surface area contributed by atoms with Gasteiger partial charge in [0.25, 0.3) is 0 Å². The predicted octanol–water partition coefficient (Wildman–Crippen LogP) is 3.06. The molecule has 15 heavy (non-hydrogen) atoms. The normalized spacial score (nSPS) is 12.7. The summed E-state index contributed by atoms with van der Waals surface area (Å²) in [4.78, 5) is 0. The lowest BCUT2D eigenvalue weighted by Gasteiger charge is -2.14. The first-order valence-electron chi connectivity index (χ1n) is 4.55. The highest BCUT2D eigenvalue weighted by atomic mass is 79.9. The molecule has 3 N–H and O–H groups in total. The molecule has 0 saturated heterocycles. The van der Waals surface area contributed by atoms with Gasteiger partial charge in [0.2, 0.25) is 0 Å². The van der Waals surface area contributed by atoms with Crippen molar-refractivity contribution in [2.75, 3.05) is 0 Å². The van der Waals surface area contributed by atoms with Crippen molar-refractivity contribution in [1.82, 2.24) is 5.43 Å². The minimum Gasteiger partial charge on any atom is -0.271 e. The van der Waals surface area contributed by atoms with E-state index in [4.69, 9.17) is 5.84 Å². The standard InChI is InChI=1S/C11H11BrN2S/c12-10-3-1-8(2-4-10)11(14-13)9-5-6-15-7-9/h1-7,11,14H,13H2. The van der Waals surface area contributed by atoms with Crippen LogP contribution in [0.15, 0.2) is 45.6 Å². The molecule has 1 aromatic heterocycles. The van der Waals surface area contributed by atoms with Crippen molar-refractivity contribution < 1.29 is 0 Å². The highest BCUT2D eigenvalue weighted by molar-refractivity contribution is 9.10. The zero-order valence-electron chi connectivity index (χ0n) is 7.98. The van der Waals surface area contributed by atoms with Gasteiger partial charge in [0.15, 0.2) is 0 Å². The minimum atomic E-state index is 0.0735. The van der Waals surface area contributed by atoms with Crippen LogP contribution in [0.5, 0.6) is 0 Å². The minimum absolute atomic E-state index is 0.0735. The first-order valence-corrected chi connectivity index (χ1v) is 6.28. The first kappa shape index (κ1) is 10.8. The Balaban J connectivity index is 2.31. The lowest BCUT2D eigenvalue weighted by molar-refractivity contribution is 0.639. The van der Waals surface area contributed by atoms with E-state index in [2.05, 4.69) is 50.3 Å². The third-order valence-electron chi connectivity index (χ3n) is 2.25. The first-order chi connectivity index (χ1) is 7.31. The van der Waals surface area contributed by atoms with Gasteiger partial charge in [0.1, 0.15) is 0 Å². The number of hydrogen-bond acceptors (Lipinski definition) is 3. The zero-order valence-corrected chi connectivity index (χ0v) is 10.4. The molecule has 1 heterocycles. The van der Waals surface area contributed by atoms with Crippen LogP contribution in [0.3, 0.4) is 0 Å². The van der Waals surface area contributed by atoms with E-state index in [1.165, 1.54) is 11.1 Å². The topological polar surface area (TPSA) is 38.0 Å². The molecule has 0 saturated carbocycles. The number of halogens is 1. The number of benzene rings is 1. The van der Waals surface area contributed by atoms with Crippen LogP contribution < -0.4 is 11.3 Å². The van der Waals surface area contributed by atoms with E-state index < -0.39 is 0 Å². The number of nitrogens with two attached hydrogens (primary N) is 1. The summed E-state index contributed by atoms with van der Waals surface area (Å²) >= 11 is 5.09. The van der Waals surface area contributed by atoms with E-state index in [1.54, 1.807) is 11.3 Å². The van der Waals surface area contributed by atoms with E-state index in [9.17, 15) is 0 Å². The second kappa shape index (κ2) is 4.90. The Kier molecular flexibility index (Phi) is 3.53. The Morgan fingerprint density at radius 1 is 1.13 bits per heavy atom. The van der Waals surface area contributed by atoms with Gasteiger partial charge in [-0.3, -0.25) is 5.84 Å². The molecule has 0 spiro atoms. The van der Waals surface area contributed by atoms with Gasteiger partial charge in [-0.2, -0.15) is 11.3 Å². The number of thiophene rings is 1. The molecule has 0 aliphatic heterocycles. The van der Waals surface area contributed by atoms with E-state index in [1.807, 2.05) is 12.1 Å². The summed E-state index contributed by atoms with van der Waals surface area (Å²) in [6.45, 7) is 0. The van der Waals surface area contributed by atoms with Gasteiger partial charge in [-0.1, -0.05) is 28.1 Å². The Hall–Kier alpha value is -0.680. The largest absolute Gasteiger partial charge is 0.271 e. The summed E-state index contributed by atoms with van der Waals surface area (Å²) in [7, 11) is 0. The summed E-state index contributed by atoms with van der Waals surface area (Å²) < 4.78 is 1.08. The van der Waals surface area contributed by atoms with Crippen molar-refractivity contribution in [3.8, 4) is 0 Å². The maximum Gasteiger partial charge on any atom is 0.0718 e. The van der Waals surface area contributed by atoms with Crippen LogP contribution in [0.25, 0.3) is 0 Å². The van der Waals surface area contributed by atoms with Gasteiger partial charge < -0.3 is 0 Å². The van der Waals surface area contributed by atoms with Gasteiger partial charge >= 0.3 is 0 Å². The molecule has 1 unspecified atom stereocenters. The maximum absolute atomic E-state index is 5.58. The van der Waals surface area contributed by atoms with Crippen molar-refractivity contribution in [3.63, 3.8) is 0 Å². The lowest BCUT2D eigenvalue weighted by atomic mass is 10.0. The Morgan fingerprint density at radius 2 is 1.87 bits per heavy atom. The summed E-state index contributed by atoms with van der Waals surface area (Å²) in [6, 6.07) is 10.3. The third kappa shape index (κ3) is 2.46. The summed E-state index contributed by atoms with van der Waals surface area (Å²) in [5, 5.41) is 4.16. The molecule has 2 aromatic rings. The molecule has 0 aliphatic carbocycles. The molecule has 0 amide bonds. The second-order valence-corrected chi connectivity index (χ2v) is 4.90. The second-order valence-electron chi connectivity index (χ2n) is 3.21. The van der Waals surface area contributed by atoms with Crippen LogP contribution in [-0.4, -0.2) is 0 Å². The van der Waals surface area contributed by atoms with Gasteiger partial charge in [-0.25, -0.2) is 5.43 Å². The van der Waals surface area contributed by atoms with Crippen LogP contribution in [-0.2, 0) is 0 Å². The Labute approximate surface area is 101 Å². The van der Waals surface area contributed by atoms with E-state index in [0.29, 0.717) is 0 Å². The highest BCUT2D eigenvalue weighted by Crippen LogP contribution is 2.24. The maximum atomic E-state index is 5.58. The van der Waals surface area contributed by atoms with Crippen LogP contribution in [0.2, 0.25) is 0 Å². The molecule has 0 fully saturated rings. The van der Waals surface area contributed by atoms with Crippen LogP contribution in [0, 0.1) is 0 Å². The van der Waals surface area contributed by atoms with Gasteiger partial charge in [-0.05, 0) is 40.1 Å². The van der Waals surface area contributed by atoms with Gasteiger partial charge in [0.05, 0.1) is 6.04 Å². The molecule has 2 nitrogen and oxygen atoms in total. The van der Waals surface area contributed by atoms with Crippen molar-refractivity contribution in [1.29, 1.82) is 0 Å². The SMILES string of the molecule is NNC(c1ccc(Br)cc1)c1ccsc1. The molecule has 1 atom stereocenters. The van der Waals surface area contributed by atoms with Crippen LogP contribution in [0.4, 0.5) is 0 Å². The third-order valence-corrected chi connectivity index (χ3v) is 3.48. The molecule has 0 bridgehead atoms. The van der Waals surface area contributed by atoms with Gasteiger partial charge in [-0.15, -0.1) is 0 Å². The quantitative estimate of drug-likeness (QED) is 0.671. The molecule has 0 aliphatic rings. The van der Waals surface area contributed by atoms with E-state index in [-0.39, 0.29) is 6.04 Å². The molecule has 1 aromatic carbocycles. The molecule has 0 radical (unpaired) electrons. The fraction of sp³-hybridized carbons (Fsp3) is 0.0909. The van der Waals surface area contributed by atoms with Crippen molar-refractivity contribution in [2.24, 2.45) is 5.84 Å². The smallest absolute Gasteiger partial charge is 0.0718 e. The van der Waals surface area contributed by atoms with Crippen LogP contribution in [0.1, 0.15) is 17.2 Å². The predicted molar refractivity (Wildman–Crippen MR) is 67.6 cm³/mol. The molecule has 2 rings (SSSR count). The number of nitrogens with one attached hydrogen (secondary N) is 1. The molecule has 4 heteroatoms. The number of hydrazine groups is 1. The lowest BCUT2D eigenvalue weighted by Crippen LogP contribution is -2.28. The fourth-order valence-electron chi connectivity index (χ4n) is 1.48. The van der Waals surface area contributed by atoms with E-state index >= 15 is 0 Å². The molecule has 78 valence electrons. The number of rotatable bonds is 3. The average Bonchev–Trinajstić information content (AvgIpc) is 2.75. The Morgan fingerprint density at radius 3 is 2.40 bits per heavy atom. The number of hydrogen-bond donors (Lipinski definition) is 2. The van der Waals surface area contributed by atoms with Crippen molar-refractivity contribution in [2.45, 2.75) is 6.04 Å². The van der Waals surface area contributed by atoms with E-state index in [0.717, 1.165) is 4.47 Å². The van der Waals surface area contributed by atoms with Gasteiger partial charge in [0, 0.05) is 4.47 Å². The van der Waals surface area contributed by atoms with Crippen molar-refractivity contribution in [3.05, 3.63) is 56.7 Å². The molecular formula is C11H11BrN2S. The highest BCUT2D eigenvalue weighted by Gasteiger charge is 2.11. The average molecular weight is 283 g/mol.